The first kappa shape index (κ1) is 21.3. The van der Waals surface area contributed by atoms with Crippen LogP contribution in [-0.2, 0) is 9.59 Å². The van der Waals surface area contributed by atoms with E-state index in [1.165, 1.54) is 5.56 Å². The zero-order chi connectivity index (χ0) is 21.3. The molecule has 1 N–H and O–H groups in total. The third kappa shape index (κ3) is 4.80. The summed E-state index contributed by atoms with van der Waals surface area (Å²) in [7, 11) is 0. The number of likely N-dealkylation sites (tertiary alicyclic amines) is 2. The van der Waals surface area contributed by atoms with E-state index in [9.17, 15) is 14.4 Å². The van der Waals surface area contributed by atoms with Crippen molar-refractivity contribution in [2.45, 2.75) is 65.5 Å². The number of hydrogen-bond acceptors (Lipinski definition) is 3. The lowest BCUT2D eigenvalue weighted by Crippen LogP contribution is -2.48. The maximum absolute atomic E-state index is 12.9. The smallest absolute Gasteiger partial charge is 0.251 e. The summed E-state index contributed by atoms with van der Waals surface area (Å²) in [5, 5.41) is 3.11. The fourth-order valence-electron chi connectivity index (χ4n) is 4.17. The quantitative estimate of drug-likeness (QED) is 0.850. The highest BCUT2D eigenvalue weighted by atomic mass is 16.2. The Labute approximate surface area is 173 Å². The van der Waals surface area contributed by atoms with Crippen LogP contribution in [0.3, 0.4) is 0 Å². The number of benzene rings is 1. The SMILES string of the molecule is Cc1ccc(C(=O)NC2CCN(C(=O)C3CC(=O)N(C(C)(C)C)C3)CC2)cc1C. The summed E-state index contributed by atoms with van der Waals surface area (Å²) in [5.41, 5.74) is 2.70. The first-order valence-corrected chi connectivity index (χ1v) is 10.5. The molecule has 2 aliphatic heterocycles. The highest BCUT2D eigenvalue weighted by Gasteiger charge is 2.41. The van der Waals surface area contributed by atoms with Crippen molar-refractivity contribution in [1.82, 2.24) is 15.1 Å². The molecule has 2 fully saturated rings. The van der Waals surface area contributed by atoms with E-state index < -0.39 is 0 Å². The Hall–Kier alpha value is -2.37. The number of aryl methyl sites for hydroxylation is 2. The minimum Gasteiger partial charge on any atom is -0.349 e. The van der Waals surface area contributed by atoms with Crippen molar-refractivity contribution in [3.63, 3.8) is 0 Å². The molecule has 0 bridgehead atoms. The van der Waals surface area contributed by atoms with Gasteiger partial charge in [-0.1, -0.05) is 6.07 Å². The number of carbonyl (C=O) groups is 3. The van der Waals surface area contributed by atoms with Crippen LogP contribution in [0.25, 0.3) is 0 Å². The number of nitrogens with one attached hydrogen (secondary N) is 1. The van der Waals surface area contributed by atoms with Gasteiger partial charge in [0.25, 0.3) is 5.91 Å². The molecule has 1 atom stereocenters. The lowest BCUT2D eigenvalue weighted by atomic mass is 10.0. The molecular weight excluding hydrogens is 366 g/mol. The fourth-order valence-corrected chi connectivity index (χ4v) is 4.17. The van der Waals surface area contributed by atoms with E-state index in [1.807, 2.05) is 62.6 Å². The van der Waals surface area contributed by atoms with Gasteiger partial charge in [-0.3, -0.25) is 14.4 Å². The summed E-state index contributed by atoms with van der Waals surface area (Å²) in [4.78, 5) is 41.4. The predicted octanol–water partition coefficient (Wildman–Crippen LogP) is 2.67. The van der Waals surface area contributed by atoms with Crippen molar-refractivity contribution >= 4 is 17.7 Å². The number of rotatable bonds is 3. The van der Waals surface area contributed by atoms with Gasteiger partial charge < -0.3 is 15.1 Å². The predicted molar refractivity (Wildman–Crippen MR) is 113 cm³/mol. The van der Waals surface area contributed by atoms with Crippen LogP contribution in [0, 0.1) is 19.8 Å². The molecule has 6 nitrogen and oxygen atoms in total. The summed E-state index contributed by atoms with van der Waals surface area (Å²) < 4.78 is 0. The van der Waals surface area contributed by atoms with Crippen LogP contribution >= 0.6 is 0 Å². The molecule has 6 heteroatoms. The van der Waals surface area contributed by atoms with Crippen molar-refractivity contribution < 1.29 is 14.4 Å². The average Bonchev–Trinajstić information content (AvgIpc) is 3.06. The standard InChI is InChI=1S/C23H33N3O3/c1-15-6-7-17(12-16(15)2)21(28)24-19-8-10-25(11-9-19)22(29)18-13-20(27)26(14-18)23(3,4)5/h6-7,12,18-19H,8-11,13-14H2,1-5H3,(H,24,28). The molecule has 0 saturated carbocycles. The van der Waals surface area contributed by atoms with Gasteiger partial charge in [-0.05, 0) is 70.7 Å². The Bertz CT molecular complexity index is 804. The molecule has 1 unspecified atom stereocenters. The van der Waals surface area contributed by atoms with Crippen molar-refractivity contribution in [2.24, 2.45) is 5.92 Å². The minimum atomic E-state index is -0.252. The molecule has 1 aromatic carbocycles. The van der Waals surface area contributed by atoms with Crippen LogP contribution in [0.2, 0.25) is 0 Å². The molecule has 2 saturated heterocycles. The third-order valence-electron chi connectivity index (χ3n) is 6.19. The summed E-state index contributed by atoms with van der Waals surface area (Å²) in [6.45, 7) is 11.8. The van der Waals surface area contributed by atoms with Gasteiger partial charge >= 0.3 is 0 Å². The zero-order valence-corrected chi connectivity index (χ0v) is 18.2. The molecule has 2 heterocycles. The van der Waals surface area contributed by atoms with Gasteiger partial charge in [0.15, 0.2) is 0 Å². The van der Waals surface area contributed by atoms with Crippen molar-refractivity contribution in [1.29, 1.82) is 0 Å². The Morgan fingerprint density at radius 2 is 1.72 bits per heavy atom. The van der Waals surface area contributed by atoms with Crippen LogP contribution < -0.4 is 5.32 Å². The number of nitrogens with zero attached hydrogens (tertiary/aromatic N) is 2. The molecule has 2 aliphatic rings. The van der Waals surface area contributed by atoms with Crippen LogP contribution in [0.1, 0.15) is 61.5 Å². The molecular formula is C23H33N3O3. The van der Waals surface area contributed by atoms with Gasteiger partial charge in [0.2, 0.25) is 11.8 Å². The maximum atomic E-state index is 12.9. The Kier molecular flexibility index (Phi) is 6.01. The second-order valence-electron chi connectivity index (χ2n) is 9.45. The van der Waals surface area contributed by atoms with Crippen molar-refractivity contribution in [3.05, 3.63) is 34.9 Å². The van der Waals surface area contributed by atoms with E-state index in [-0.39, 0.29) is 35.2 Å². The molecule has 0 aromatic heterocycles. The maximum Gasteiger partial charge on any atom is 0.251 e. The van der Waals surface area contributed by atoms with E-state index >= 15 is 0 Å². The van der Waals surface area contributed by atoms with Crippen molar-refractivity contribution in [2.75, 3.05) is 19.6 Å². The number of amides is 3. The number of carbonyl (C=O) groups excluding carboxylic acids is 3. The highest BCUT2D eigenvalue weighted by Crippen LogP contribution is 2.28. The summed E-state index contributed by atoms with van der Waals surface area (Å²) in [6, 6.07) is 5.81. The van der Waals surface area contributed by atoms with E-state index in [0.717, 1.165) is 18.4 Å². The van der Waals surface area contributed by atoms with Gasteiger partial charge in [0.05, 0.1) is 5.92 Å². The zero-order valence-electron chi connectivity index (χ0n) is 18.2. The van der Waals surface area contributed by atoms with E-state index in [4.69, 9.17) is 0 Å². The minimum absolute atomic E-state index is 0.0555. The first-order valence-electron chi connectivity index (χ1n) is 10.5. The molecule has 158 valence electrons. The Balaban J connectivity index is 1.51. The third-order valence-corrected chi connectivity index (χ3v) is 6.19. The van der Waals surface area contributed by atoms with Gasteiger partial charge in [0, 0.05) is 43.2 Å². The van der Waals surface area contributed by atoms with E-state index in [1.54, 1.807) is 0 Å². The fraction of sp³-hybridized carbons (Fsp3) is 0.609. The monoisotopic (exact) mass is 399 g/mol. The van der Waals surface area contributed by atoms with Gasteiger partial charge in [-0.2, -0.15) is 0 Å². The second-order valence-corrected chi connectivity index (χ2v) is 9.45. The van der Waals surface area contributed by atoms with Crippen LogP contribution in [0.15, 0.2) is 18.2 Å². The summed E-state index contributed by atoms with van der Waals surface area (Å²) in [5.74, 6) is -0.168. The Morgan fingerprint density at radius 3 is 2.28 bits per heavy atom. The normalized spacial score (nSPS) is 20.9. The van der Waals surface area contributed by atoms with E-state index in [0.29, 0.717) is 31.6 Å². The highest BCUT2D eigenvalue weighted by molar-refractivity contribution is 5.94. The molecule has 29 heavy (non-hydrogen) atoms. The first-order chi connectivity index (χ1) is 13.6. The van der Waals surface area contributed by atoms with Crippen LogP contribution in [0.4, 0.5) is 0 Å². The second kappa shape index (κ2) is 8.17. The van der Waals surface area contributed by atoms with Crippen molar-refractivity contribution in [3.8, 4) is 0 Å². The number of hydrogen-bond donors (Lipinski definition) is 1. The van der Waals surface area contributed by atoms with Gasteiger partial charge in [0.1, 0.15) is 0 Å². The Morgan fingerprint density at radius 1 is 1.07 bits per heavy atom. The molecule has 3 rings (SSSR count). The summed E-state index contributed by atoms with van der Waals surface area (Å²) in [6.07, 6.45) is 1.79. The average molecular weight is 400 g/mol. The molecule has 3 amide bonds. The molecule has 0 spiro atoms. The van der Waals surface area contributed by atoms with Gasteiger partial charge in [-0.15, -0.1) is 0 Å². The number of piperidine rings is 1. The molecule has 1 aromatic rings. The topological polar surface area (TPSA) is 69.7 Å². The largest absolute Gasteiger partial charge is 0.349 e. The molecule has 0 radical (unpaired) electrons. The van der Waals surface area contributed by atoms with Crippen LogP contribution in [0.5, 0.6) is 0 Å². The van der Waals surface area contributed by atoms with E-state index in [2.05, 4.69) is 5.32 Å². The molecule has 0 aliphatic carbocycles. The summed E-state index contributed by atoms with van der Waals surface area (Å²) >= 11 is 0. The lowest BCUT2D eigenvalue weighted by Gasteiger charge is -2.35. The lowest BCUT2D eigenvalue weighted by molar-refractivity contribution is -0.136. The van der Waals surface area contributed by atoms with Crippen LogP contribution in [-0.4, -0.2) is 58.7 Å². The van der Waals surface area contributed by atoms with Gasteiger partial charge in [-0.25, -0.2) is 0 Å².